The van der Waals surface area contributed by atoms with E-state index < -0.39 is 0 Å². The molecule has 0 bridgehead atoms. The van der Waals surface area contributed by atoms with Gasteiger partial charge in [-0.25, -0.2) is 4.68 Å². The Hall–Kier alpha value is -0.940. The number of aromatic nitrogens is 3. The zero-order valence-electron chi connectivity index (χ0n) is 12.2. The molecule has 0 aliphatic heterocycles. The lowest BCUT2D eigenvalue weighted by Crippen LogP contribution is -2.22. The van der Waals surface area contributed by atoms with E-state index >= 15 is 0 Å². The smallest absolute Gasteiger partial charge is 0.0965 e. The van der Waals surface area contributed by atoms with E-state index in [0.29, 0.717) is 6.10 Å². The fourth-order valence-electron chi connectivity index (χ4n) is 1.44. The van der Waals surface area contributed by atoms with Crippen molar-refractivity contribution in [1.82, 2.24) is 20.3 Å². The van der Waals surface area contributed by atoms with E-state index in [-0.39, 0.29) is 5.54 Å². The van der Waals surface area contributed by atoms with E-state index in [0.717, 1.165) is 31.8 Å². The SMILES string of the molecule is CC(C)OCCCNCc1cn(C(C)(C)C)nn1. The summed E-state index contributed by atoms with van der Waals surface area (Å²) in [6.45, 7) is 13.0. The summed E-state index contributed by atoms with van der Waals surface area (Å²) in [5, 5.41) is 11.6. The third-order valence-electron chi connectivity index (χ3n) is 2.48. The molecule has 1 aromatic heterocycles. The molecule has 104 valence electrons. The summed E-state index contributed by atoms with van der Waals surface area (Å²) in [5.41, 5.74) is 0.978. The van der Waals surface area contributed by atoms with Gasteiger partial charge in [0.15, 0.2) is 0 Å². The normalized spacial score (nSPS) is 12.3. The van der Waals surface area contributed by atoms with Gasteiger partial charge in [0.1, 0.15) is 0 Å². The monoisotopic (exact) mass is 254 g/mol. The van der Waals surface area contributed by atoms with Crippen LogP contribution in [0, 0.1) is 0 Å². The van der Waals surface area contributed by atoms with Crippen LogP contribution < -0.4 is 5.32 Å². The van der Waals surface area contributed by atoms with E-state index in [1.54, 1.807) is 0 Å². The predicted octanol–water partition coefficient (Wildman–Crippen LogP) is 1.94. The molecule has 0 aromatic carbocycles. The molecular weight excluding hydrogens is 228 g/mol. The maximum atomic E-state index is 5.47. The Kier molecular flexibility index (Phi) is 5.75. The van der Waals surface area contributed by atoms with Crippen molar-refractivity contribution in [3.63, 3.8) is 0 Å². The molecular formula is C13H26N4O. The highest BCUT2D eigenvalue weighted by molar-refractivity contribution is 4.93. The topological polar surface area (TPSA) is 52.0 Å². The van der Waals surface area contributed by atoms with Gasteiger partial charge in [0.2, 0.25) is 0 Å². The second kappa shape index (κ2) is 6.85. The summed E-state index contributed by atoms with van der Waals surface area (Å²) in [5.74, 6) is 0. The molecule has 18 heavy (non-hydrogen) atoms. The highest BCUT2D eigenvalue weighted by Crippen LogP contribution is 2.11. The van der Waals surface area contributed by atoms with Gasteiger partial charge in [-0.05, 0) is 47.6 Å². The van der Waals surface area contributed by atoms with Gasteiger partial charge in [-0.3, -0.25) is 0 Å². The third kappa shape index (κ3) is 5.60. The molecule has 1 heterocycles. The Morgan fingerprint density at radius 3 is 2.67 bits per heavy atom. The molecule has 0 atom stereocenters. The Morgan fingerprint density at radius 1 is 1.39 bits per heavy atom. The molecule has 0 fully saturated rings. The average Bonchev–Trinajstić information content (AvgIpc) is 2.71. The van der Waals surface area contributed by atoms with Gasteiger partial charge < -0.3 is 10.1 Å². The van der Waals surface area contributed by atoms with Crippen LogP contribution in [0.3, 0.4) is 0 Å². The first-order valence-electron chi connectivity index (χ1n) is 6.63. The van der Waals surface area contributed by atoms with Crippen LogP contribution in [0.4, 0.5) is 0 Å². The predicted molar refractivity (Wildman–Crippen MR) is 72.4 cm³/mol. The number of ether oxygens (including phenoxy) is 1. The Balaban J connectivity index is 2.18. The van der Waals surface area contributed by atoms with E-state index in [1.807, 2.05) is 10.9 Å². The van der Waals surface area contributed by atoms with Crippen LogP contribution in [0.25, 0.3) is 0 Å². The molecule has 1 rings (SSSR count). The van der Waals surface area contributed by atoms with Crippen molar-refractivity contribution in [2.75, 3.05) is 13.2 Å². The van der Waals surface area contributed by atoms with E-state index in [4.69, 9.17) is 4.74 Å². The average molecular weight is 254 g/mol. The van der Waals surface area contributed by atoms with Crippen molar-refractivity contribution in [2.45, 2.75) is 59.2 Å². The van der Waals surface area contributed by atoms with Crippen molar-refractivity contribution >= 4 is 0 Å². The first kappa shape index (κ1) is 15.1. The van der Waals surface area contributed by atoms with Crippen molar-refractivity contribution in [1.29, 1.82) is 0 Å². The number of hydrogen-bond donors (Lipinski definition) is 1. The first-order chi connectivity index (χ1) is 8.39. The van der Waals surface area contributed by atoms with Crippen molar-refractivity contribution in [3.8, 4) is 0 Å². The van der Waals surface area contributed by atoms with E-state index in [1.165, 1.54) is 0 Å². The van der Waals surface area contributed by atoms with Crippen LogP contribution in [0.15, 0.2) is 6.20 Å². The number of nitrogens with zero attached hydrogens (tertiary/aromatic N) is 3. The number of rotatable bonds is 7. The second-order valence-corrected chi connectivity index (χ2v) is 5.78. The fraction of sp³-hybridized carbons (Fsp3) is 0.846. The summed E-state index contributed by atoms with van der Waals surface area (Å²) in [6.07, 6.45) is 3.33. The zero-order valence-corrected chi connectivity index (χ0v) is 12.2. The minimum Gasteiger partial charge on any atom is -0.379 e. The summed E-state index contributed by atoms with van der Waals surface area (Å²) in [4.78, 5) is 0. The van der Waals surface area contributed by atoms with Gasteiger partial charge in [-0.15, -0.1) is 5.10 Å². The lowest BCUT2D eigenvalue weighted by atomic mass is 10.1. The Labute approximate surface area is 110 Å². The molecule has 0 saturated heterocycles. The maximum Gasteiger partial charge on any atom is 0.0965 e. The van der Waals surface area contributed by atoms with Crippen molar-refractivity contribution in [2.24, 2.45) is 0 Å². The molecule has 1 aromatic rings. The van der Waals surface area contributed by atoms with Crippen molar-refractivity contribution < 1.29 is 4.74 Å². The minimum atomic E-state index is -0.00362. The van der Waals surface area contributed by atoms with Crippen LogP contribution in [-0.4, -0.2) is 34.2 Å². The van der Waals surface area contributed by atoms with Crippen LogP contribution >= 0.6 is 0 Å². The van der Waals surface area contributed by atoms with Crippen LogP contribution in [-0.2, 0) is 16.8 Å². The van der Waals surface area contributed by atoms with E-state index in [9.17, 15) is 0 Å². The van der Waals surface area contributed by atoms with Crippen LogP contribution in [0.2, 0.25) is 0 Å². The molecule has 0 aliphatic rings. The molecule has 0 aliphatic carbocycles. The van der Waals surface area contributed by atoms with Crippen LogP contribution in [0.5, 0.6) is 0 Å². The van der Waals surface area contributed by atoms with E-state index in [2.05, 4.69) is 50.2 Å². The zero-order chi connectivity index (χ0) is 13.6. The standard InChI is InChI=1S/C13H26N4O/c1-11(2)18-8-6-7-14-9-12-10-17(16-15-12)13(3,4)5/h10-11,14H,6-9H2,1-5H3. The molecule has 0 radical (unpaired) electrons. The lowest BCUT2D eigenvalue weighted by molar-refractivity contribution is 0.0770. The van der Waals surface area contributed by atoms with Gasteiger partial charge in [0.05, 0.1) is 23.5 Å². The fourth-order valence-corrected chi connectivity index (χ4v) is 1.44. The largest absolute Gasteiger partial charge is 0.379 e. The molecule has 5 heteroatoms. The van der Waals surface area contributed by atoms with Gasteiger partial charge in [0.25, 0.3) is 0 Å². The maximum absolute atomic E-state index is 5.47. The number of nitrogens with one attached hydrogen (secondary N) is 1. The summed E-state index contributed by atoms with van der Waals surface area (Å²) in [6, 6.07) is 0. The van der Waals surface area contributed by atoms with Gasteiger partial charge in [-0.2, -0.15) is 0 Å². The van der Waals surface area contributed by atoms with Crippen molar-refractivity contribution in [3.05, 3.63) is 11.9 Å². The van der Waals surface area contributed by atoms with Gasteiger partial charge >= 0.3 is 0 Å². The molecule has 0 saturated carbocycles. The Morgan fingerprint density at radius 2 is 2.11 bits per heavy atom. The second-order valence-electron chi connectivity index (χ2n) is 5.78. The first-order valence-corrected chi connectivity index (χ1v) is 6.63. The third-order valence-corrected chi connectivity index (χ3v) is 2.48. The molecule has 0 unspecified atom stereocenters. The van der Waals surface area contributed by atoms with Gasteiger partial charge in [0, 0.05) is 13.2 Å². The molecule has 0 spiro atoms. The minimum absolute atomic E-state index is 0.00362. The van der Waals surface area contributed by atoms with Gasteiger partial charge in [-0.1, -0.05) is 5.21 Å². The summed E-state index contributed by atoms with van der Waals surface area (Å²) >= 11 is 0. The molecule has 5 nitrogen and oxygen atoms in total. The summed E-state index contributed by atoms with van der Waals surface area (Å²) < 4.78 is 7.37. The number of hydrogen-bond acceptors (Lipinski definition) is 4. The quantitative estimate of drug-likeness (QED) is 0.756. The lowest BCUT2D eigenvalue weighted by Gasteiger charge is -2.17. The van der Waals surface area contributed by atoms with Crippen LogP contribution in [0.1, 0.15) is 46.7 Å². The highest BCUT2D eigenvalue weighted by Gasteiger charge is 2.14. The Bertz CT molecular complexity index is 341. The molecule has 1 N–H and O–H groups in total. The summed E-state index contributed by atoms with van der Waals surface area (Å²) in [7, 11) is 0. The molecule has 0 amide bonds. The highest BCUT2D eigenvalue weighted by atomic mass is 16.5.